The lowest BCUT2D eigenvalue weighted by Crippen LogP contribution is -2.31. The van der Waals surface area contributed by atoms with Gasteiger partial charge in [-0.2, -0.15) is 0 Å². The Bertz CT molecular complexity index is 1050. The standard InChI is InChI=1S/C24H25N3O3/c1-16-8-6-11-21(14-16)30-23-13-5-4-12-22(23)27-24(29)25-17(2)19-9-7-10-20(15-19)26-18(3)28/h4-15,17H,1-3H3,(H,26,28)(H2,25,27,29). The van der Waals surface area contributed by atoms with Gasteiger partial charge in [-0.05, 0) is 61.4 Å². The number of amides is 3. The number of hydrogen-bond donors (Lipinski definition) is 3. The van der Waals surface area contributed by atoms with Gasteiger partial charge < -0.3 is 20.7 Å². The van der Waals surface area contributed by atoms with Crippen LogP contribution in [0.2, 0.25) is 0 Å². The van der Waals surface area contributed by atoms with Gasteiger partial charge in [-0.3, -0.25) is 4.79 Å². The Hall–Kier alpha value is -3.80. The lowest BCUT2D eigenvalue weighted by atomic mass is 10.1. The maximum absolute atomic E-state index is 12.6. The zero-order valence-electron chi connectivity index (χ0n) is 17.2. The van der Waals surface area contributed by atoms with Crippen molar-refractivity contribution in [2.24, 2.45) is 0 Å². The zero-order valence-corrected chi connectivity index (χ0v) is 17.2. The van der Waals surface area contributed by atoms with Gasteiger partial charge in [-0.1, -0.05) is 36.4 Å². The molecule has 0 aliphatic carbocycles. The molecule has 3 aromatic rings. The second-order valence-corrected chi connectivity index (χ2v) is 7.04. The monoisotopic (exact) mass is 403 g/mol. The Morgan fingerprint density at radius 2 is 1.67 bits per heavy atom. The van der Waals surface area contributed by atoms with E-state index in [1.165, 1.54) is 6.92 Å². The van der Waals surface area contributed by atoms with Crippen LogP contribution in [-0.4, -0.2) is 11.9 Å². The Morgan fingerprint density at radius 1 is 0.900 bits per heavy atom. The van der Waals surface area contributed by atoms with Crippen molar-refractivity contribution < 1.29 is 14.3 Å². The number of benzene rings is 3. The van der Waals surface area contributed by atoms with Crippen molar-refractivity contribution in [1.82, 2.24) is 5.32 Å². The molecule has 0 aromatic heterocycles. The van der Waals surface area contributed by atoms with Crippen molar-refractivity contribution in [1.29, 1.82) is 0 Å². The molecule has 6 nitrogen and oxygen atoms in total. The van der Waals surface area contributed by atoms with Crippen molar-refractivity contribution in [3.8, 4) is 11.5 Å². The molecule has 3 rings (SSSR count). The Kier molecular flexibility index (Phi) is 6.70. The molecule has 0 heterocycles. The van der Waals surface area contributed by atoms with Crippen LogP contribution < -0.4 is 20.7 Å². The summed E-state index contributed by atoms with van der Waals surface area (Å²) in [4.78, 5) is 23.8. The molecule has 6 heteroatoms. The number of carbonyl (C=O) groups excluding carboxylic acids is 2. The van der Waals surface area contributed by atoms with Crippen molar-refractivity contribution in [2.75, 3.05) is 10.6 Å². The summed E-state index contributed by atoms with van der Waals surface area (Å²) >= 11 is 0. The van der Waals surface area contributed by atoms with Gasteiger partial charge in [0.1, 0.15) is 5.75 Å². The molecule has 30 heavy (non-hydrogen) atoms. The summed E-state index contributed by atoms with van der Waals surface area (Å²) < 4.78 is 5.95. The maximum Gasteiger partial charge on any atom is 0.319 e. The first-order valence-electron chi connectivity index (χ1n) is 9.69. The van der Waals surface area contributed by atoms with Crippen LogP contribution in [-0.2, 0) is 4.79 Å². The van der Waals surface area contributed by atoms with Crippen molar-refractivity contribution in [3.05, 3.63) is 83.9 Å². The molecular formula is C24H25N3O3. The van der Waals surface area contributed by atoms with E-state index in [-0.39, 0.29) is 18.0 Å². The van der Waals surface area contributed by atoms with Crippen LogP contribution in [0.1, 0.15) is 31.0 Å². The van der Waals surface area contributed by atoms with Gasteiger partial charge >= 0.3 is 6.03 Å². The third-order valence-corrected chi connectivity index (χ3v) is 4.41. The smallest absolute Gasteiger partial charge is 0.319 e. The molecule has 0 saturated heterocycles. The number of aryl methyl sites for hydroxylation is 1. The summed E-state index contributed by atoms with van der Waals surface area (Å²) in [6, 6.07) is 21.7. The van der Waals surface area contributed by atoms with Gasteiger partial charge in [0, 0.05) is 12.6 Å². The van der Waals surface area contributed by atoms with Crippen LogP contribution >= 0.6 is 0 Å². The van der Waals surface area contributed by atoms with E-state index in [0.29, 0.717) is 22.9 Å². The first kappa shape index (κ1) is 20.9. The average molecular weight is 403 g/mol. The maximum atomic E-state index is 12.6. The Morgan fingerprint density at radius 3 is 2.43 bits per heavy atom. The number of carbonyl (C=O) groups is 2. The van der Waals surface area contributed by atoms with Crippen LogP contribution in [0, 0.1) is 6.92 Å². The normalized spacial score (nSPS) is 11.3. The molecular weight excluding hydrogens is 378 g/mol. The molecule has 3 N–H and O–H groups in total. The molecule has 0 spiro atoms. The molecule has 0 aliphatic heterocycles. The first-order chi connectivity index (χ1) is 14.4. The van der Waals surface area contributed by atoms with E-state index in [9.17, 15) is 9.59 Å². The largest absolute Gasteiger partial charge is 0.455 e. The molecule has 3 aromatic carbocycles. The number of nitrogens with one attached hydrogen (secondary N) is 3. The van der Waals surface area contributed by atoms with Gasteiger partial charge in [0.25, 0.3) is 0 Å². The van der Waals surface area contributed by atoms with E-state index >= 15 is 0 Å². The number of ether oxygens (including phenoxy) is 1. The summed E-state index contributed by atoms with van der Waals surface area (Å²) in [5.74, 6) is 1.11. The minimum Gasteiger partial charge on any atom is -0.455 e. The second-order valence-electron chi connectivity index (χ2n) is 7.04. The lowest BCUT2D eigenvalue weighted by molar-refractivity contribution is -0.114. The van der Waals surface area contributed by atoms with Gasteiger partial charge in [0.05, 0.1) is 11.7 Å². The van der Waals surface area contributed by atoms with E-state index in [1.807, 2.05) is 68.4 Å². The van der Waals surface area contributed by atoms with Crippen molar-refractivity contribution in [3.63, 3.8) is 0 Å². The molecule has 0 bridgehead atoms. The number of hydrogen-bond acceptors (Lipinski definition) is 3. The SMILES string of the molecule is CC(=O)Nc1cccc(C(C)NC(=O)Nc2ccccc2Oc2cccc(C)c2)c1. The molecule has 0 fully saturated rings. The van der Waals surface area contributed by atoms with E-state index in [1.54, 1.807) is 18.2 Å². The number of para-hydroxylation sites is 2. The number of anilines is 2. The van der Waals surface area contributed by atoms with Gasteiger partial charge in [0.2, 0.25) is 5.91 Å². The quantitative estimate of drug-likeness (QED) is 0.499. The van der Waals surface area contributed by atoms with E-state index in [4.69, 9.17) is 4.74 Å². The van der Waals surface area contributed by atoms with Crippen molar-refractivity contribution in [2.45, 2.75) is 26.8 Å². The summed E-state index contributed by atoms with van der Waals surface area (Å²) in [5, 5.41) is 8.50. The Labute approximate surface area is 176 Å². The zero-order chi connectivity index (χ0) is 21.5. The molecule has 1 atom stereocenters. The van der Waals surface area contributed by atoms with Crippen molar-refractivity contribution >= 4 is 23.3 Å². The van der Waals surface area contributed by atoms with Crippen LogP contribution in [0.15, 0.2) is 72.8 Å². The highest BCUT2D eigenvalue weighted by molar-refractivity contribution is 5.91. The topological polar surface area (TPSA) is 79.5 Å². The highest BCUT2D eigenvalue weighted by Crippen LogP contribution is 2.29. The van der Waals surface area contributed by atoms with E-state index < -0.39 is 0 Å². The van der Waals surface area contributed by atoms with Crippen LogP contribution in [0.5, 0.6) is 11.5 Å². The number of urea groups is 1. The third kappa shape index (κ3) is 5.85. The second kappa shape index (κ2) is 9.60. The fraction of sp³-hybridized carbons (Fsp3) is 0.167. The lowest BCUT2D eigenvalue weighted by Gasteiger charge is -2.17. The van der Waals surface area contributed by atoms with E-state index in [0.717, 1.165) is 11.1 Å². The van der Waals surface area contributed by atoms with Gasteiger partial charge in [0.15, 0.2) is 5.75 Å². The third-order valence-electron chi connectivity index (χ3n) is 4.41. The minimum absolute atomic E-state index is 0.143. The molecule has 0 aliphatic rings. The fourth-order valence-electron chi connectivity index (χ4n) is 2.99. The minimum atomic E-state index is -0.354. The van der Waals surface area contributed by atoms with Gasteiger partial charge in [-0.15, -0.1) is 0 Å². The summed E-state index contributed by atoms with van der Waals surface area (Å²) in [7, 11) is 0. The van der Waals surface area contributed by atoms with E-state index in [2.05, 4.69) is 16.0 Å². The van der Waals surface area contributed by atoms with Crippen LogP contribution in [0.3, 0.4) is 0 Å². The molecule has 0 saturated carbocycles. The molecule has 0 radical (unpaired) electrons. The highest BCUT2D eigenvalue weighted by atomic mass is 16.5. The molecule has 3 amide bonds. The summed E-state index contributed by atoms with van der Waals surface area (Å²) in [6.07, 6.45) is 0. The number of rotatable bonds is 6. The van der Waals surface area contributed by atoms with Crippen LogP contribution in [0.25, 0.3) is 0 Å². The fourth-order valence-corrected chi connectivity index (χ4v) is 2.99. The molecule has 1 unspecified atom stereocenters. The van der Waals surface area contributed by atoms with Gasteiger partial charge in [-0.25, -0.2) is 4.79 Å². The first-order valence-corrected chi connectivity index (χ1v) is 9.69. The molecule has 154 valence electrons. The predicted molar refractivity (Wildman–Crippen MR) is 119 cm³/mol. The van der Waals surface area contributed by atoms with Crippen LogP contribution in [0.4, 0.5) is 16.2 Å². The predicted octanol–water partition coefficient (Wildman–Crippen LogP) is 5.63. The summed E-state index contributed by atoms with van der Waals surface area (Å²) in [6.45, 7) is 5.33. The Balaban J connectivity index is 1.67. The highest BCUT2D eigenvalue weighted by Gasteiger charge is 2.13. The summed E-state index contributed by atoms with van der Waals surface area (Å²) in [5.41, 5.74) is 3.22. The average Bonchev–Trinajstić information content (AvgIpc) is 2.69.